The highest BCUT2D eigenvalue weighted by atomic mass is 19.1. The molecule has 3 rings (SSSR count). The molecule has 0 amide bonds. The molecule has 138 valence electrons. The van der Waals surface area contributed by atoms with E-state index in [0.29, 0.717) is 28.8 Å². The highest BCUT2D eigenvalue weighted by Gasteiger charge is 2.30. The van der Waals surface area contributed by atoms with Gasteiger partial charge in [-0.25, -0.2) is 9.18 Å². The van der Waals surface area contributed by atoms with Gasteiger partial charge in [0.25, 0.3) is 0 Å². The molecular weight excluding hydrogens is 337 g/mol. The second-order valence-corrected chi connectivity index (χ2v) is 6.69. The number of hydrogen-bond acceptors (Lipinski definition) is 5. The molecule has 1 aromatic heterocycles. The maximum atomic E-state index is 13.4. The van der Waals surface area contributed by atoms with E-state index in [4.69, 9.17) is 4.74 Å². The number of rotatable bonds is 3. The van der Waals surface area contributed by atoms with Gasteiger partial charge in [0.15, 0.2) is 5.75 Å². The lowest BCUT2D eigenvalue weighted by Gasteiger charge is -2.27. The van der Waals surface area contributed by atoms with Crippen molar-refractivity contribution < 1.29 is 23.8 Å². The monoisotopic (exact) mass is 359 g/mol. The Bertz CT molecular complexity index is 818. The number of hydrogen-bond donors (Lipinski definition) is 1. The number of aryl methyl sites for hydroxylation is 1. The minimum Gasteiger partial charge on any atom is -0.437 e. The Morgan fingerprint density at radius 1 is 1.31 bits per heavy atom. The largest absolute Gasteiger partial charge is 0.513 e. The van der Waals surface area contributed by atoms with Crippen LogP contribution in [0.15, 0.2) is 24.3 Å². The molecule has 1 aliphatic carbocycles. The van der Waals surface area contributed by atoms with Gasteiger partial charge in [0.05, 0.1) is 18.9 Å². The number of ether oxygens (including phenoxy) is 2. The molecule has 1 N–H and O–H groups in total. The van der Waals surface area contributed by atoms with Gasteiger partial charge in [-0.05, 0) is 42.9 Å². The molecule has 0 saturated carbocycles. The van der Waals surface area contributed by atoms with Crippen molar-refractivity contribution in [2.45, 2.75) is 45.1 Å². The number of fused-ring (bicyclic) bond motifs is 1. The van der Waals surface area contributed by atoms with Gasteiger partial charge < -0.3 is 14.6 Å². The highest BCUT2D eigenvalue weighted by Crippen LogP contribution is 2.45. The lowest BCUT2D eigenvalue weighted by Crippen LogP contribution is -2.18. The van der Waals surface area contributed by atoms with Crippen molar-refractivity contribution in [3.05, 3.63) is 47.0 Å². The SMILES string of the molecule is COC(=O)Oc1c(C(C)C)nc2c(c1-c1ccc(F)cc1)C(O)CCC2. The van der Waals surface area contributed by atoms with E-state index in [2.05, 4.69) is 9.72 Å². The van der Waals surface area contributed by atoms with Crippen molar-refractivity contribution in [3.8, 4) is 16.9 Å². The molecule has 0 saturated heterocycles. The van der Waals surface area contributed by atoms with Gasteiger partial charge in [0.1, 0.15) is 5.82 Å². The molecule has 5 nitrogen and oxygen atoms in total. The normalized spacial score (nSPS) is 16.3. The van der Waals surface area contributed by atoms with Crippen molar-refractivity contribution in [2.24, 2.45) is 0 Å². The smallest absolute Gasteiger partial charge is 0.437 e. The number of halogens is 1. The molecule has 0 bridgehead atoms. The van der Waals surface area contributed by atoms with E-state index < -0.39 is 12.3 Å². The number of pyridine rings is 1. The Labute approximate surface area is 151 Å². The number of nitrogens with zero attached hydrogens (tertiary/aromatic N) is 1. The van der Waals surface area contributed by atoms with E-state index in [1.165, 1.54) is 19.2 Å². The summed E-state index contributed by atoms with van der Waals surface area (Å²) in [6.45, 7) is 3.90. The Morgan fingerprint density at radius 2 is 2.00 bits per heavy atom. The average Bonchev–Trinajstić information content (AvgIpc) is 2.62. The standard InChI is InChI=1S/C20H22FNO4/c1-11(2)18-19(26-20(24)25-3)16(12-7-9-13(21)10-8-12)17-14(22-18)5-4-6-15(17)23/h7-11,15,23H,4-6H2,1-3H3. The summed E-state index contributed by atoms with van der Waals surface area (Å²) in [5.74, 6) is -0.117. The van der Waals surface area contributed by atoms with Crippen molar-refractivity contribution in [3.63, 3.8) is 0 Å². The summed E-state index contributed by atoms with van der Waals surface area (Å²) >= 11 is 0. The maximum Gasteiger partial charge on any atom is 0.513 e. The Balaban J connectivity index is 2.33. The first kappa shape index (κ1) is 18.3. The average molecular weight is 359 g/mol. The summed E-state index contributed by atoms with van der Waals surface area (Å²) in [6, 6.07) is 5.91. The first-order valence-corrected chi connectivity index (χ1v) is 8.68. The number of aliphatic hydroxyl groups excluding tert-OH is 1. The fraction of sp³-hybridized carbons (Fsp3) is 0.400. The topological polar surface area (TPSA) is 68.7 Å². The van der Waals surface area contributed by atoms with Gasteiger partial charge in [0, 0.05) is 16.8 Å². The quantitative estimate of drug-likeness (QED) is 0.816. The Hall–Kier alpha value is -2.47. The number of carbonyl (C=O) groups is 1. The highest BCUT2D eigenvalue weighted by molar-refractivity contribution is 5.79. The van der Waals surface area contributed by atoms with E-state index in [-0.39, 0.29) is 17.5 Å². The fourth-order valence-electron chi connectivity index (χ4n) is 3.33. The molecule has 0 fully saturated rings. The van der Waals surface area contributed by atoms with E-state index in [1.54, 1.807) is 12.1 Å². The number of aromatic nitrogens is 1. The van der Waals surface area contributed by atoms with Crippen LogP contribution in [0, 0.1) is 5.82 Å². The van der Waals surface area contributed by atoms with Crippen LogP contribution in [0.1, 0.15) is 55.7 Å². The zero-order chi connectivity index (χ0) is 18.8. The predicted octanol–water partition coefficient (Wildman–Crippen LogP) is 4.53. The third kappa shape index (κ3) is 3.42. The van der Waals surface area contributed by atoms with Crippen LogP contribution < -0.4 is 4.74 Å². The minimum absolute atomic E-state index is 0.0155. The third-order valence-corrected chi connectivity index (χ3v) is 4.55. The van der Waals surface area contributed by atoms with Gasteiger partial charge in [0.2, 0.25) is 0 Å². The number of carbonyl (C=O) groups excluding carboxylic acids is 1. The molecule has 1 aromatic carbocycles. The lowest BCUT2D eigenvalue weighted by atomic mass is 9.85. The third-order valence-electron chi connectivity index (χ3n) is 4.55. The summed E-state index contributed by atoms with van der Waals surface area (Å²) in [5, 5.41) is 10.6. The second-order valence-electron chi connectivity index (χ2n) is 6.69. The van der Waals surface area contributed by atoms with Gasteiger partial charge in [-0.3, -0.25) is 4.98 Å². The molecule has 26 heavy (non-hydrogen) atoms. The van der Waals surface area contributed by atoms with Crippen molar-refractivity contribution in [1.29, 1.82) is 0 Å². The van der Waals surface area contributed by atoms with E-state index in [1.807, 2.05) is 13.8 Å². The zero-order valence-corrected chi connectivity index (χ0v) is 15.1. The van der Waals surface area contributed by atoms with Gasteiger partial charge in [-0.15, -0.1) is 0 Å². The van der Waals surface area contributed by atoms with Crippen LogP contribution in [-0.2, 0) is 11.2 Å². The molecule has 0 radical (unpaired) electrons. The maximum absolute atomic E-state index is 13.4. The lowest BCUT2D eigenvalue weighted by molar-refractivity contribution is 0.120. The Morgan fingerprint density at radius 3 is 2.62 bits per heavy atom. The first-order chi connectivity index (χ1) is 12.4. The summed E-state index contributed by atoms with van der Waals surface area (Å²) in [5.41, 5.74) is 3.29. The van der Waals surface area contributed by atoms with E-state index in [9.17, 15) is 14.3 Å². The number of aliphatic hydroxyl groups is 1. The summed E-state index contributed by atoms with van der Waals surface area (Å²) in [4.78, 5) is 16.5. The van der Waals surface area contributed by atoms with Crippen LogP contribution in [0.2, 0.25) is 0 Å². The van der Waals surface area contributed by atoms with Gasteiger partial charge in [-0.1, -0.05) is 26.0 Å². The van der Waals surface area contributed by atoms with Crippen LogP contribution >= 0.6 is 0 Å². The van der Waals surface area contributed by atoms with Crippen LogP contribution in [0.25, 0.3) is 11.1 Å². The van der Waals surface area contributed by atoms with E-state index in [0.717, 1.165) is 18.5 Å². The first-order valence-electron chi connectivity index (χ1n) is 8.68. The number of benzene rings is 1. The molecule has 0 spiro atoms. The molecule has 1 aliphatic rings. The molecule has 2 aromatic rings. The van der Waals surface area contributed by atoms with Crippen LogP contribution in [0.5, 0.6) is 5.75 Å². The zero-order valence-electron chi connectivity index (χ0n) is 15.1. The summed E-state index contributed by atoms with van der Waals surface area (Å²) in [6.07, 6.45) is 0.592. The van der Waals surface area contributed by atoms with Crippen molar-refractivity contribution in [1.82, 2.24) is 4.98 Å². The van der Waals surface area contributed by atoms with Gasteiger partial charge in [-0.2, -0.15) is 0 Å². The Kier molecular flexibility index (Phi) is 5.23. The molecule has 1 heterocycles. The molecule has 1 atom stereocenters. The van der Waals surface area contributed by atoms with Crippen LogP contribution in [0.4, 0.5) is 9.18 Å². The van der Waals surface area contributed by atoms with Crippen LogP contribution in [0.3, 0.4) is 0 Å². The van der Waals surface area contributed by atoms with E-state index >= 15 is 0 Å². The van der Waals surface area contributed by atoms with Gasteiger partial charge >= 0.3 is 6.16 Å². The predicted molar refractivity (Wildman–Crippen MR) is 94.7 cm³/mol. The molecular formula is C20H22FNO4. The minimum atomic E-state index is -0.859. The molecule has 6 heteroatoms. The summed E-state index contributed by atoms with van der Waals surface area (Å²) in [7, 11) is 1.23. The second kappa shape index (κ2) is 7.41. The fourth-order valence-corrected chi connectivity index (χ4v) is 3.33. The van der Waals surface area contributed by atoms with Crippen LogP contribution in [-0.4, -0.2) is 23.4 Å². The van der Waals surface area contributed by atoms with Crippen molar-refractivity contribution >= 4 is 6.16 Å². The number of methoxy groups -OCH3 is 1. The molecule has 0 aliphatic heterocycles. The summed E-state index contributed by atoms with van der Waals surface area (Å²) < 4.78 is 23.5. The molecule has 1 unspecified atom stereocenters. The van der Waals surface area contributed by atoms with Crippen molar-refractivity contribution in [2.75, 3.05) is 7.11 Å².